The molecule has 1 aliphatic carbocycles. The Morgan fingerprint density at radius 1 is 1.44 bits per heavy atom. The minimum Gasteiger partial charge on any atom is -0.477 e. The Morgan fingerprint density at radius 3 is 2.81 bits per heavy atom. The molecule has 1 heterocycles. The van der Waals surface area contributed by atoms with Gasteiger partial charge >= 0.3 is 0 Å². The van der Waals surface area contributed by atoms with Crippen LogP contribution < -0.4 is 10.1 Å². The third-order valence-electron chi connectivity index (χ3n) is 2.31. The van der Waals surface area contributed by atoms with Gasteiger partial charge in [-0.2, -0.15) is 4.98 Å². The van der Waals surface area contributed by atoms with Crippen LogP contribution in [-0.4, -0.2) is 22.6 Å². The second-order valence-corrected chi connectivity index (χ2v) is 4.76. The number of hydrogen-bond acceptors (Lipinski definition) is 4. The van der Waals surface area contributed by atoms with Gasteiger partial charge in [0.1, 0.15) is 11.6 Å². The van der Waals surface area contributed by atoms with E-state index in [0.717, 1.165) is 11.6 Å². The van der Waals surface area contributed by atoms with Crippen LogP contribution in [-0.2, 0) is 0 Å². The summed E-state index contributed by atoms with van der Waals surface area (Å²) in [7, 11) is 0. The van der Waals surface area contributed by atoms with Gasteiger partial charge in [0.2, 0.25) is 5.88 Å². The van der Waals surface area contributed by atoms with E-state index < -0.39 is 0 Å². The average Bonchev–Trinajstić information content (AvgIpc) is 2.98. The fourth-order valence-corrected chi connectivity index (χ4v) is 1.38. The van der Waals surface area contributed by atoms with Gasteiger partial charge in [-0.25, -0.2) is 4.98 Å². The van der Waals surface area contributed by atoms with E-state index in [-0.39, 0.29) is 0 Å². The minimum absolute atomic E-state index is 0.509. The van der Waals surface area contributed by atoms with E-state index in [1.165, 1.54) is 12.8 Å². The van der Waals surface area contributed by atoms with Crippen molar-refractivity contribution >= 4 is 5.82 Å². The van der Waals surface area contributed by atoms with Gasteiger partial charge in [0.15, 0.2) is 0 Å². The van der Waals surface area contributed by atoms with Crippen molar-refractivity contribution in [2.24, 2.45) is 5.92 Å². The third-order valence-corrected chi connectivity index (χ3v) is 2.31. The number of ether oxygens (including phenoxy) is 1. The first-order chi connectivity index (χ1) is 7.63. The van der Waals surface area contributed by atoms with Gasteiger partial charge in [-0.1, -0.05) is 13.8 Å². The van der Waals surface area contributed by atoms with Crippen molar-refractivity contribution in [3.8, 4) is 5.88 Å². The van der Waals surface area contributed by atoms with Gasteiger partial charge in [0, 0.05) is 12.1 Å². The van der Waals surface area contributed by atoms with Crippen LogP contribution in [0.3, 0.4) is 0 Å². The van der Waals surface area contributed by atoms with E-state index in [4.69, 9.17) is 4.74 Å². The lowest BCUT2D eigenvalue weighted by Gasteiger charge is -2.10. The molecule has 0 spiro atoms. The minimum atomic E-state index is 0.509. The molecule has 0 aromatic carbocycles. The van der Waals surface area contributed by atoms with Gasteiger partial charge in [0.25, 0.3) is 0 Å². The monoisotopic (exact) mass is 221 g/mol. The van der Waals surface area contributed by atoms with Crippen LogP contribution in [0.15, 0.2) is 6.07 Å². The topological polar surface area (TPSA) is 47.0 Å². The molecule has 4 heteroatoms. The SMILES string of the molecule is Cc1nc(NC2CC2)cc(OCC(C)C)n1. The maximum Gasteiger partial charge on any atom is 0.218 e. The summed E-state index contributed by atoms with van der Waals surface area (Å²) < 4.78 is 5.60. The molecule has 88 valence electrons. The lowest BCUT2D eigenvalue weighted by molar-refractivity contribution is 0.260. The van der Waals surface area contributed by atoms with Crippen LogP contribution in [0, 0.1) is 12.8 Å². The average molecular weight is 221 g/mol. The summed E-state index contributed by atoms with van der Waals surface area (Å²) in [5.41, 5.74) is 0. The third kappa shape index (κ3) is 3.36. The Balaban J connectivity index is 2.02. The van der Waals surface area contributed by atoms with Gasteiger partial charge in [0.05, 0.1) is 6.61 Å². The van der Waals surface area contributed by atoms with Crippen molar-refractivity contribution in [1.29, 1.82) is 0 Å². The number of nitrogens with one attached hydrogen (secondary N) is 1. The van der Waals surface area contributed by atoms with Crippen LogP contribution in [0.5, 0.6) is 5.88 Å². The molecule has 0 unspecified atom stereocenters. The second kappa shape index (κ2) is 4.68. The standard InChI is InChI=1S/C12H19N3O/c1-8(2)7-16-12-6-11(13-9(3)14-12)15-10-4-5-10/h6,8,10H,4-5,7H2,1-3H3,(H,13,14,15). The summed E-state index contributed by atoms with van der Waals surface area (Å²) >= 11 is 0. The summed E-state index contributed by atoms with van der Waals surface area (Å²) in [6, 6.07) is 2.49. The molecule has 1 N–H and O–H groups in total. The van der Waals surface area contributed by atoms with E-state index in [9.17, 15) is 0 Å². The number of rotatable bonds is 5. The predicted octanol–water partition coefficient (Wildman–Crippen LogP) is 2.39. The van der Waals surface area contributed by atoms with E-state index in [1.54, 1.807) is 0 Å². The van der Waals surface area contributed by atoms with Crippen molar-refractivity contribution in [2.45, 2.75) is 39.7 Å². The van der Waals surface area contributed by atoms with Gasteiger partial charge in [-0.05, 0) is 25.7 Å². The largest absolute Gasteiger partial charge is 0.477 e. The summed E-state index contributed by atoms with van der Waals surface area (Å²) in [6.45, 7) is 6.83. The summed E-state index contributed by atoms with van der Waals surface area (Å²) in [6.07, 6.45) is 2.48. The number of aromatic nitrogens is 2. The molecule has 0 bridgehead atoms. The molecule has 1 aromatic rings. The second-order valence-electron chi connectivity index (χ2n) is 4.76. The quantitative estimate of drug-likeness (QED) is 0.829. The first-order valence-electron chi connectivity index (χ1n) is 5.88. The van der Waals surface area contributed by atoms with Crippen molar-refractivity contribution in [3.05, 3.63) is 11.9 Å². The zero-order valence-corrected chi connectivity index (χ0v) is 10.2. The van der Waals surface area contributed by atoms with Crippen LogP contribution in [0.2, 0.25) is 0 Å². The normalized spacial score (nSPS) is 15.2. The van der Waals surface area contributed by atoms with Gasteiger partial charge in [-0.15, -0.1) is 0 Å². The van der Waals surface area contributed by atoms with Gasteiger partial charge < -0.3 is 10.1 Å². The summed E-state index contributed by atoms with van der Waals surface area (Å²) in [5.74, 6) is 2.82. The Bertz CT molecular complexity index is 361. The predicted molar refractivity (Wildman–Crippen MR) is 63.7 cm³/mol. The molecule has 0 atom stereocenters. The molecule has 4 nitrogen and oxygen atoms in total. The number of aryl methyl sites for hydroxylation is 1. The fraction of sp³-hybridized carbons (Fsp3) is 0.667. The highest BCUT2D eigenvalue weighted by atomic mass is 16.5. The lowest BCUT2D eigenvalue weighted by atomic mass is 10.2. The number of nitrogens with zero attached hydrogens (tertiary/aromatic N) is 2. The molecule has 0 aliphatic heterocycles. The molecular weight excluding hydrogens is 202 g/mol. The van der Waals surface area contributed by atoms with E-state index in [0.29, 0.717) is 24.4 Å². The number of hydrogen-bond donors (Lipinski definition) is 1. The van der Waals surface area contributed by atoms with Crippen LogP contribution in [0.25, 0.3) is 0 Å². The van der Waals surface area contributed by atoms with Crippen LogP contribution in [0.4, 0.5) is 5.82 Å². The van der Waals surface area contributed by atoms with Crippen molar-refractivity contribution < 1.29 is 4.74 Å². The number of anilines is 1. The Labute approximate surface area is 96.4 Å². The van der Waals surface area contributed by atoms with Crippen molar-refractivity contribution in [2.75, 3.05) is 11.9 Å². The van der Waals surface area contributed by atoms with Crippen LogP contribution >= 0.6 is 0 Å². The Kier molecular flexibility index (Phi) is 3.27. The highest BCUT2D eigenvalue weighted by Crippen LogP contribution is 2.25. The molecule has 0 saturated heterocycles. The molecule has 1 fully saturated rings. The van der Waals surface area contributed by atoms with Crippen molar-refractivity contribution in [3.63, 3.8) is 0 Å². The Morgan fingerprint density at radius 2 is 2.19 bits per heavy atom. The molecule has 1 aromatic heterocycles. The highest BCUT2D eigenvalue weighted by Gasteiger charge is 2.21. The zero-order chi connectivity index (χ0) is 11.5. The highest BCUT2D eigenvalue weighted by molar-refractivity contribution is 5.40. The van der Waals surface area contributed by atoms with E-state index in [2.05, 4.69) is 29.1 Å². The zero-order valence-electron chi connectivity index (χ0n) is 10.2. The molecule has 1 aliphatic rings. The molecule has 16 heavy (non-hydrogen) atoms. The first-order valence-corrected chi connectivity index (χ1v) is 5.88. The molecule has 0 radical (unpaired) electrons. The summed E-state index contributed by atoms with van der Waals surface area (Å²) in [5, 5.41) is 3.35. The van der Waals surface area contributed by atoms with Crippen molar-refractivity contribution in [1.82, 2.24) is 9.97 Å². The molecule has 2 rings (SSSR count). The first kappa shape index (κ1) is 11.2. The maximum absolute atomic E-state index is 5.60. The molecule has 0 amide bonds. The van der Waals surface area contributed by atoms with Gasteiger partial charge in [-0.3, -0.25) is 0 Å². The maximum atomic E-state index is 5.60. The van der Waals surface area contributed by atoms with E-state index >= 15 is 0 Å². The molecule has 1 saturated carbocycles. The lowest BCUT2D eigenvalue weighted by Crippen LogP contribution is -2.09. The van der Waals surface area contributed by atoms with E-state index in [1.807, 2.05) is 13.0 Å². The smallest absolute Gasteiger partial charge is 0.218 e. The summed E-state index contributed by atoms with van der Waals surface area (Å²) in [4.78, 5) is 8.60. The molecular formula is C12H19N3O. The van der Waals surface area contributed by atoms with Crippen LogP contribution in [0.1, 0.15) is 32.5 Å². The Hall–Kier alpha value is -1.32. The fourth-order valence-electron chi connectivity index (χ4n) is 1.38.